The lowest BCUT2D eigenvalue weighted by Crippen LogP contribution is -2.40. The zero-order valence-corrected chi connectivity index (χ0v) is 16.4. The first-order valence-corrected chi connectivity index (χ1v) is 7.64. The summed E-state index contributed by atoms with van der Waals surface area (Å²) >= 11 is 0. The maximum atomic E-state index is 5.68. The lowest BCUT2D eigenvalue weighted by molar-refractivity contribution is 0.319. The van der Waals surface area contributed by atoms with Gasteiger partial charge in [0.15, 0.2) is 5.96 Å². The molecule has 0 saturated carbocycles. The molecule has 0 atom stereocenters. The number of guanidine groups is 1. The monoisotopic (exact) mass is 444 g/mol. The van der Waals surface area contributed by atoms with E-state index < -0.39 is 0 Å². The number of nitrogens with one attached hydrogen (secondary N) is 2. The van der Waals surface area contributed by atoms with Crippen molar-refractivity contribution in [3.63, 3.8) is 0 Å². The normalized spacial score (nSPS) is 10.7. The minimum atomic E-state index is 0. The van der Waals surface area contributed by atoms with Crippen molar-refractivity contribution in [3.05, 3.63) is 48.8 Å². The van der Waals surface area contributed by atoms with Crippen molar-refractivity contribution in [2.24, 2.45) is 4.99 Å². The first-order chi connectivity index (χ1) is 11.3. The molecule has 7 heteroatoms. The van der Waals surface area contributed by atoms with Gasteiger partial charge in [-0.15, -0.1) is 24.0 Å². The van der Waals surface area contributed by atoms with Crippen molar-refractivity contribution in [1.82, 2.24) is 15.2 Å². The Morgan fingerprint density at radius 3 is 2.50 bits per heavy atom. The van der Waals surface area contributed by atoms with E-state index in [2.05, 4.69) is 20.2 Å². The average molecular weight is 444 g/mol. The summed E-state index contributed by atoms with van der Waals surface area (Å²) in [5.74, 6) is 2.35. The second kappa shape index (κ2) is 11.6. The minimum Gasteiger partial charge on any atom is -0.497 e. The van der Waals surface area contributed by atoms with Crippen LogP contribution in [-0.2, 0) is 6.54 Å². The second-order valence-electron chi connectivity index (χ2n) is 4.87. The van der Waals surface area contributed by atoms with Crippen molar-refractivity contribution in [3.8, 4) is 11.5 Å². The van der Waals surface area contributed by atoms with E-state index in [0.29, 0.717) is 13.2 Å². The van der Waals surface area contributed by atoms with E-state index in [9.17, 15) is 0 Å². The fourth-order valence-electron chi connectivity index (χ4n) is 2.07. The third-order valence-electron chi connectivity index (χ3n) is 3.26. The number of benzene rings is 1. The molecule has 0 saturated heterocycles. The van der Waals surface area contributed by atoms with Gasteiger partial charge in [-0.25, -0.2) is 0 Å². The van der Waals surface area contributed by atoms with Crippen LogP contribution in [0.2, 0.25) is 0 Å². The number of hydrogen-bond donors (Lipinski definition) is 2. The zero-order valence-electron chi connectivity index (χ0n) is 14.1. The average Bonchev–Trinajstić information content (AvgIpc) is 3.10. The van der Waals surface area contributed by atoms with Gasteiger partial charge in [-0.1, -0.05) is 6.07 Å². The van der Waals surface area contributed by atoms with Gasteiger partial charge in [0.05, 0.1) is 13.7 Å². The molecule has 24 heavy (non-hydrogen) atoms. The molecule has 6 nitrogen and oxygen atoms in total. The Morgan fingerprint density at radius 1 is 1.08 bits per heavy atom. The summed E-state index contributed by atoms with van der Waals surface area (Å²) in [7, 11) is 3.40. The highest BCUT2D eigenvalue weighted by Crippen LogP contribution is 2.18. The summed E-state index contributed by atoms with van der Waals surface area (Å²) in [5.41, 5.74) is 0. The number of halogens is 1. The van der Waals surface area contributed by atoms with Crippen LogP contribution in [0.15, 0.2) is 53.8 Å². The highest BCUT2D eigenvalue weighted by molar-refractivity contribution is 14.0. The molecular formula is C17H25IN4O2. The van der Waals surface area contributed by atoms with E-state index in [1.54, 1.807) is 14.2 Å². The summed E-state index contributed by atoms with van der Waals surface area (Å²) in [6.07, 6.45) is 4.08. The smallest absolute Gasteiger partial charge is 0.191 e. The molecular weight excluding hydrogens is 419 g/mol. The molecule has 0 radical (unpaired) electrons. The number of aliphatic imine (C=N–C) groups is 1. The van der Waals surface area contributed by atoms with Crippen LogP contribution in [0, 0.1) is 0 Å². The van der Waals surface area contributed by atoms with Crippen LogP contribution in [0.3, 0.4) is 0 Å². The molecule has 0 amide bonds. The van der Waals surface area contributed by atoms with E-state index in [-0.39, 0.29) is 24.0 Å². The SMILES string of the molecule is CN=C(NCCOc1cccc(OC)c1)NCCn1cccc1.I. The number of ether oxygens (including phenoxy) is 2. The van der Waals surface area contributed by atoms with Gasteiger partial charge in [0, 0.05) is 38.6 Å². The Labute approximate surface area is 160 Å². The van der Waals surface area contributed by atoms with Gasteiger partial charge in [-0.05, 0) is 24.3 Å². The predicted octanol–water partition coefficient (Wildman–Crippen LogP) is 2.36. The van der Waals surface area contributed by atoms with E-state index in [0.717, 1.165) is 30.5 Å². The third kappa shape index (κ3) is 7.12. The summed E-state index contributed by atoms with van der Waals surface area (Å²) in [4.78, 5) is 4.19. The van der Waals surface area contributed by atoms with Crippen LogP contribution < -0.4 is 20.1 Å². The summed E-state index contributed by atoms with van der Waals surface area (Å²) in [6, 6.07) is 11.6. The van der Waals surface area contributed by atoms with Gasteiger partial charge in [0.25, 0.3) is 0 Å². The molecule has 0 spiro atoms. The molecule has 0 aliphatic heterocycles. The van der Waals surface area contributed by atoms with Gasteiger partial charge >= 0.3 is 0 Å². The highest BCUT2D eigenvalue weighted by atomic mass is 127. The molecule has 1 heterocycles. The van der Waals surface area contributed by atoms with Crippen LogP contribution in [0.25, 0.3) is 0 Å². The largest absolute Gasteiger partial charge is 0.497 e. The first-order valence-electron chi connectivity index (χ1n) is 7.64. The van der Waals surface area contributed by atoms with Gasteiger partial charge in [-0.3, -0.25) is 4.99 Å². The Hall–Kier alpha value is -1.90. The Bertz CT molecular complexity index is 602. The van der Waals surface area contributed by atoms with Crippen LogP contribution in [0.4, 0.5) is 0 Å². The number of rotatable bonds is 8. The molecule has 0 aliphatic rings. The zero-order chi connectivity index (χ0) is 16.3. The Kier molecular flexibility index (Phi) is 9.74. The maximum Gasteiger partial charge on any atom is 0.191 e. The minimum absolute atomic E-state index is 0. The van der Waals surface area contributed by atoms with E-state index >= 15 is 0 Å². The van der Waals surface area contributed by atoms with E-state index in [1.807, 2.05) is 48.8 Å². The van der Waals surface area contributed by atoms with Crippen LogP contribution in [0.1, 0.15) is 0 Å². The van der Waals surface area contributed by atoms with Crippen molar-refractivity contribution in [1.29, 1.82) is 0 Å². The number of nitrogens with zero attached hydrogens (tertiary/aromatic N) is 2. The fourth-order valence-corrected chi connectivity index (χ4v) is 2.07. The highest BCUT2D eigenvalue weighted by Gasteiger charge is 1.99. The summed E-state index contributed by atoms with van der Waals surface area (Å²) < 4.78 is 13.0. The molecule has 2 N–H and O–H groups in total. The van der Waals surface area contributed by atoms with Crippen LogP contribution >= 0.6 is 24.0 Å². The molecule has 1 aromatic carbocycles. The van der Waals surface area contributed by atoms with Gasteiger partial charge in [0.2, 0.25) is 0 Å². The molecule has 132 valence electrons. The van der Waals surface area contributed by atoms with Crippen LogP contribution in [-0.4, -0.2) is 44.4 Å². The quantitative estimate of drug-likeness (QED) is 0.284. The molecule has 0 bridgehead atoms. The molecule has 2 rings (SSSR count). The molecule has 2 aromatic rings. The van der Waals surface area contributed by atoms with Crippen LogP contribution in [0.5, 0.6) is 11.5 Å². The number of methoxy groups -OCH3 is 1. The van der Waals surface area contributed by atoms with Crippen molar-refractivity contribution in [2.45, 2.75) is 6.54 Å². The first kappa shape index (κ1) is 20.1. The molecule has 0 fully saturated rings. The van der Waals surface area contributed by atoms with Gasteiger partial charge in [0.1, 0.15) is 18.1 Å². The fraction of sp³-hybridized carbons (Fsp3) is 0.353. The lowest BCUT2D eigenvalue weighted by Gasteiger charge is -2.13. The Morgan fingerprint density at radius 2 is 1.79 bits per heavy atom. The van der Waals surface area contributed by atoms with Crippen molar-refractivity contribution < 1.29 is 9.47 Å². The van der Waals surface area contributed by atoms with Gasteiger partial charge in [-0.2, -0.15) is 0 Å². The Balaban J connectivity index is 0.00000288. The van der Waals surface area contributed by atoms with E-state index in [4.69, 9.17) is 9.47 Å². The molecule has 0 unspecified atom stereocenters. The number of hydrogen-bond acceptors (Lipinski definition) is 3. The summed E-state index contributed by atoms with van der Waals surface area (Å²) in [6.45, 7) is 2.92. The van der Waals surface area contributed by atoms with Crippen molar-refractivity contribution >= 4 is 29.9 Å². The number of aromatic nitrogens is 1. The van der Waals surface area contributed by atoms with Gasteiger partial charge < -0.3 is 24.7 Å². The standard InChI is InChI=1S/C17H24N4O2.HI/c1-18-17(19-8-12-21-10-3-4-11-21)20-9-13-23-16-7-5-6-15(14-16)22-2;/h3-7,10-11,14H,8-9,12-13H2,1-2H3,(H2,18,19,20);1H. The van der Waals surface area contributed by atoms with Crippen molar-refractivity contribution in [2.75, 3.05) is 33.9 Å². The topological polar surface area (TPSA) is 59.8 Å². The second-order valence-corrected chi connectivity index (χ2v) is 4.87. The third-order valence-corrected chi connectivity index (χ3v) is 3.26. The molecule has 0 aliphatic carbocycles. The predicted molar refractivity (Wildman–Crippen MR) is 108 cm³/mol. The summed E-state index contributed by atoms with van der Waals surface area (Å²) in [5, 5.41) is 6.49. The van der Waals surface area contributed by atoms with E-state index in [1.165, 1.54) is 0 Å². The molecule has 1 aromatic heterocycles. The lowest BCUT2D eigenvalue weighted by atomic mass is 10.3. The maximum absolute atomic E-state index is 5.68.